The van der Waals surface area contributed by atoms with Gasteiger partial charge in [-0.25, -0.2) is 8.42 Å². The van der Waals surface area contributed by atoms with Crippen LogP contribution in [0.1, 0.15) is 33.6 Å². The van der Waals surface area contributed by atoms with E-state index in [2.05, 4.69) is 6.92 Å². The zero-order chi connectivity index (χ0) is 13.8. The maximum absolute atomic E-state index is 12.1. The fourth-order valence-corrected chi connectivity index (χ4v) is 3.22. The smallest absolute Gasteiger partial charge is 0.240 e. The zero-order valence-corrected chi connectivity index (χ0v) is 12.2. The first-order chi connectivity index (χ1) is 8.38. The SMILES string of the molecule is C/C=C/CS(=O)(=O)[C@H](C)C(=O)N1CCC(C)CC1. The molecule has 0 unspecified atom stereocenters. The first kappa shape index (κ1) is 15.2. The van der Waals surface area contributed by atoms with Crippen LogP contribution in [0.2, 0.25) is 0 Å². The van der Waals surface area contributed by atoms with E-state index in [0.717, 1.165) is 12.8 Å². The second-order valence-corrected chi connectivity index (χ2v) is 7.41. The predicted octanol–water partition coefficient (Wildman–Crippen LogP) is 1.62. The Bertz CT molecular complexity index is 406. The van der Waals surface area contributed by atoms with Gasteiger partial charge in [0.05, 0.1) is 5.75 Å². The van der Waals surface area contributed by atoms with Crippen LogP contribution in [0.5, 0.6) is 0 Å². The minimum absolute atomic E-state index is 0.0549. The van der Waals surface area contributed by atoms with Gasteiger partial charge in [0.25, 0.3) is 0 Å². The van der Waals surface area contributed by atoms with E-state index in [1.165, 1.54) is 6.92 Å². The molecule has 0 bridgehead atoms. The number of sulfone groups is 1. The van der Waals surface area contributed by atoms with Gasteiger partial charge in [-0.1, -0.05) is 19.1 Å². The Morgan fingerprint density at radius 1 is 1.39 bits per heavy atom. The van der Waals surface area contributed by atoms with E-state index < -0.39 is 15.1 Å². The molecule has 1 fully saturated rings. The Balaban J connectivity index is 2.66. The summed E-state index contributed by atoms with van der Waals surface area (Å²) in [5, 5.41) is -0.929. The molecule has 0 radical (unpaired) electrons. The molecule has 18 heavy (non-hydrogen) atoms. The van der Waals surface area contributed by atoms with Crippen LogP contribution in [-0.4, -0.2) is 43.3 Å². The zero-order valence-electron chi connectivity index (χ0n) is 11.4. The van der Waals surface area contributed by atoms with Crippen LogP contribution in [0.15, 0.2) is 12.2 Å². The molecule has 104 valence electrons. The van der Waals surface area contributed by atoms with E-state index in [1.807, 2.05) is 0 Å². The van der Waals surface area contributed by atoms with Crippen LogP contribution >= 0.6 is 0 Å². The number of allylic oxidation sites excluding steroid dienone is 1. The van der Waals surface area contributed by atoms with Gasteiger partial charge in [0.2, 0.25) is 5.91 Å². The summed E-state index contributed by atoms with van der Waals surface area (Å²) in [5.74, 6) is 0.330. The average molecular weight is 273 g/mol. The van der Waals surface area contributed by atoms with Crippen LogP contribution in [-0.2, 0) is 14.6 Å². The monoisotopic (exact) mass is 273 g/mol. The van der Waals surface area contributed by atoms with E-state index in [9.17, 15) is 13.2 Å². The number of carbonyl (C=O) groups is 1. The van der Waals surface area contributed by atoms with Crippen molar-refractivity contribution in [3.05, 3.63) is 12.2 Å². The molecule has 0 aromatic rings. The highest BCUT2D eigenvalue weighted by Gasteiger charge is 2.32. The molecule has 1 saturated heterocycles. The fourth-order valence-electron chi connectivity index (χ4n) is 2.01. The molecule has 1 aliphatic rings. The number of nitrogens with zero attached hydrogens (tertiary/aromatic N) is 1. The standard InChI is InChI=1S/C13H23NO3S/c1-4-5-10-18(16,17)12(3)13(15)14-8-6-11(2)7-9-14/h4-5,11-12H,6-10H2,1-3H3/b5-4+/t12-/m1/s1. The van der Waals surface area contributed by atoms with Crippen LogP contribution < -0.4 is 0 Å². The second kappa shape index (κ2) is 6.36. The molecule has 0 saturated carbocycles. The molecular formula is C13H23NO3S. The Morgan fingerprint density at radius 2 is 1.94 bits per heavy atom. The topological polar surface area (TPSA) is 54.5 Å². The van der Waals surface area contributed by atoms with Gasteiger partial charge in [0.15, 0.2) is 9.84 Å². The van der Waals surface area contributed by atoms with Crippen LogP contribution in [0.3, 0.4) is 0 Å². The lowest BCUT2D eigenvalue weighted by atomic mass is 9.99. The number of carbonyl (C=O) groups excluding carboxylic acids is 1. The molecule has 1 heterocycles. The largest absolute Gasteiger partial charge is 0.342 e. The van der Waals surface area contributed by atoms with Crippen molar-refractivity contribution in [2.75, 3.05) is 18.8 Å². The van der Waals surface area contributed by atoms with Gasteiger partial charge in [0.1, 0.15) is 5.25 Å². The predicted molar refractivity (Wildman–Crippen MR) is 73.0 cm³/mol. The Labute approximate surface area is 110 Å². The van der Waals surface area contributed by atoms with E-state index >= 15 is 0 Å². The van der Waals surface area contributed by atoms with Crippen molar-refractivity contribution < 1.29 is 13.2 Å². The molecule has 5 heteroatoms. The summed E-state index contributed by atoms with van der Waals surface area (Å²) in [4.78, 5) is 13.8. The van der Waals surface area contributed by atoms with E-state index in [4.69, 9.17) is 0 Å². The van der Waals surface area contributed by atoms with Crippen molar-refractivity contribution in [2.24, 2.45) is 5.92 Å². The molecule has 1 amide bonds. The number of rotatable bonds is 4. The summed E-state index contributed by atoms with van der Waals surface area (Å²) in [6.45, 7) is 6.80. The molecule has 1 rings (SSSR count). The summed E-state index contributed by atoms with van der Waals surface area (Å²) >= 11 is 0. The van der Waals surface area contributed by atoms with Crippen molar-refractivity contribution in [3.8, 4) is 0 Å². The Kier molecular flexibility index (Phi) is 5.38. The third-order valence-electron chi connectivity index (χ3n) is 3.55. The molecule has 0 aromatic heterocycles. The van der Waals surface area contributed by atoms with Gasteiger partial charge in [-0.3, -0.25) is 4.79 Å². The van der Waals surface area contributed by atoms with Crippen LogP contribution in [0, 0.1) is 5.92 Å². The van der Waals surface area contributed by atoms with Gasteiger partial charge >= 0.3 is 0 Å². The summed E-state index contributed by atoms with van der Waals surface area (Å²) < 4.78 is 23.9. The van der Waals surface area contributed by atoms with Crippen molar-refractivity contribution in [2.45, 2.75) is 38.9 Å². The minimum Gasteiger partial charge on any atom is -0.342 e. The first-order valence-corrected chi connectivity index (χ1v) is 8.21. The molecular weight excluding hydrogens is 250 g/mol. The third-order valence-corrected chi connectivity index (χ3v) is 5.48. The van der Waals surface area contributed by atoms with E-state index in [-0.39, 0.29) is 11.7 Å². The van der Waals surface area contributed by atoms with Gasteiger partial charge in [-0.15, -0.1) is 0 Å². The minimum atomic E-state index is -3.36. The molecule has 0 aliphatic carbocycles. The maximum Gasteiger partial charge on any atom is 0.240 e. The van der Waals surface area contributed by atoms with Gasteiger partial charge in [-0.2, -0.15) is 0 Å². The number of piperidine rings is 1. The van der Waals surface area contributed by atoms with Crippen molar-refractivity contribution in [3.63, 3.8) is 0 Å². The number of amides is 1. The molecule has 0 spiro atoms. The Hall–Kier alpha value is -0.840. The van der Waals surface area contributed by atoms with Crippen molar-refractivity contribution in [1.82, 2.24) is 4.90 Å². The average Bonchev–Trinajstić information content (AvgIpc) is 2.35. The normalized spacial score (nSPS) is 20.3. The molecule has 0 N–H and O–H groups in total. The van der Waals surface area contributed by atoms with E-state index in [0.29, 0.717) is 19.0 Å². The highest BCUT2D eigenvalue weighted by Crippen LogP contribution is 2.18. The number of hydrogen-bond acceptors (Lipinski definition) is 3. The molecule has 1 atom stereocenters. The lowest BCUT2D eigenvalue weighted by Crippen LogP contribution is -2.45. The second-order valence-electron chi connectivity index (χ2n) is 5.05. The molecule has 0 aromatic carbocycles. The quantitative estimate of drug-likeness (QED) is 0.731. The summed E-state index contributed by atoms with van der Waals surface area (Å²) in [6, 6.07) is 0. The lowest BCUT2D eigenvalue weighted by Gasteiger charge is -2.32. The lowest BCUT2D eigenvalue weighted by molar-refractivity contribution is -0.131. The van der Waals surface area contributed by atoms with Crippen LogP contribution in [0.4, 0.5) is 0 Å². The molecule has 1 aliphatic heterocycles. The summed E-state index contributed by atoms with van der Waals surface area (Å²) in [5.41, 5.74) is 0. The van der Waals surface area contributed by atoms with Crippen LogP contribution in [0.25, 0.3) is 0 Å². The van der Waals surface area contributed by atoms with Gasteiger partial charge in [0, 0.05) is 13.1 Å². The fraction of sp³-hybridized carbons (Fsp3) is 0.769. The number of likely N-dealkylation sites (tertiary alicyclic amines) is 1. The summed E-state index contributed by atoms with van der Waals surface area (Å²) in [6.07, 6.45) is 5.20. The van der Waals surface area contributed by atoms with Crippen molar-refractivity contribution in [1.29, 1.82) is 0 Å². The van der Waals surface area contributed by atoms with Gasteiger partial charge < -0.3 is 4.90 Å². The highest BCUT2D eigenvalue weighted by molar-refractivity contribution is 7.92. The first-order valence-electron chi connectivity index (χ1n) is 6.50. The maximum atomic E-state index is 12.1. The highest BCUT2D eigenvalue weighted by atomic mass is 32.2. The number of hydrogen-bond donors (Lipinski definition) is 0. The van der Waals surface area contributed by atoms with Crippen molar-refractivity contribution >= 4 is 15.7 Å². The summed E-state index contributed by atoms with van der Waals surface area (Å²) in [7, 11) is -3.36. The Morgan fingerprint density at radius 3 is 2.44 bits per heavy atom. The molecule has 4 nitrogen and oxygen atoms in total. The third kappa shape index (κ3) is 3.83. The van der Waals surface area contributed by atoms with Gasteiger partial charge in [-0.05, 0) is 32.6 Å². The van der Waals surface area contributed by atoms with E-state index in [1.54, 1.807) is 24.0 Å².